The Bertz CT molecular complexity index is 1100. The fraction of sp³-hybridized carbons (Fsp3) is 0.435. The van der Waals surface area contributed by atoms with Crippen LogP contribution in [-0.4, -0.2) is 38.0 Å². The van der Waals surface area contributed by atoms with E-state index in [1.54, 1.807) is 23.4 Å². The minimum absolute atomic E-state index is 0.0386. The minimum Gasteiger partial charge on any atom is -0.454 e. The van der Waals surface area contributed by atoms with Gasteiger partial charge in [-0.05, 0) is 69.0 Å². The largest absolute Gasteiger partial charge is 0.454 e. The van der Waals surface area contributed by atoms with Crippen LogP contribution >= 0.6 is 0 Å². The Morgan fingerprint density at radius 1 is 1.13 bits per heavy atom. The van der Waals surface area contributed by atoms with E-state index in [9.17, 15) is 13.2 Å². The number of carbonyl (C=O) groups excluding carboxylic acids is 1. The Hall–Kier alpha value is -2.58. The maximum absolute atomic E-state index is 13.2. The minimum atomic E-state index is -3.65. The lowest BCUT2D eigenvalue weighted by atomic mass is 10.1. The van der Waals surface area contributed by atoms with Crippen LogP contribution in [-0.2, 0) is 10.0 Å². The zero-order valence-electron chi connectivity index (χ0n) is 18.1. The highest BCUT2D eigenvalue weighted by Gasteiger charge is 2.31. The van der Waals surface area contributed by atoms with E-state index in [2.05, 4.69) is 5.32 Å². The molecule has 0 aliphatic carbocycles. The molecule has 2 atom stereocenters. The van der Waals surface area contributed by atoms with Crippen molar-refractivity contribution in [3.63, 3.8) is 0 Å². The number of nitrogens with one attached hydrogen (secondary N) is 1. The van der Waals surface area contributed by atoms with Crippen molar-refractivity contribution in [3.05, 3.63) is 53.1 Å². The highest BCUT2D eigenvalue weighted by Crippen LogP contribution is 2.34. The number of fused-ring (bicyclic) bond motifs is 1. The van der Waals surface area contributed by atoms with E-state index in [1.807, 2.05) is 32.0 Å². The van der Waals surface area contributed by atoms with Crippen LogP contribution in [0.2, 0.25) is 0 Å². The molecular weight excluding hydrogens is 416 g/mol. The predicted octanol–water partition coefficient (Wildman–Crippen LogP) is 3.78. The van der Waals surface area contributed by atoms with Crippen molar-refractivity contribution in [2.45, 2.75) is 57.0 Å². The number of hydrogen-bond donors (Lipinski definition) is 1. The Balaban J connectivity index is 1.56. The van der Waals surface area contributed by atoms with Crippen molar-refractivity contribution < 1.29 is 22.7 Å². The third kappa shape index (κ3) is 4.27. The summed E-state index contributed by atoms with van der Waals surface area (Å²) in [4.78, 5) is 13.2. The Morgan fingerprint density at radius 3 is 2.68 bits per heavy atom. The van der Waals surface area contributed by atoms with Gasteiger partial charge in [0.05, 0.1) is 10.9 Å². The smallest absolute Gasteiger partial charge is 0.252 e. The lowest BCUT2D eigenvalue weighted by Crippen LogP contribution is -2.42. The molecule has 166 valence electrons. The summed E-state index contributed by atoms with van der Waals surface area (Å²) in [6, 6.07) is 9.99. The van der Waals surface area contributed by atoms with Crippen LogP contribution in [0.3, 0.4) is 0 Å². The quantitative estimate of drug-likeness (QED) is 0.759. The van der Waals surface area contributed by atoms with Gasteiger partial charge in [0.25, 0.3) is 5.91 Å². The zero-order chi connectivity index (χ0) is 22.2. The number of carbonyl (C=O) groups is 1. The molecular formula is C23H28N2O5S. The number of sulfonamides is 1. The summed E-state index contributed by atoms with van der Waals surface area (Å²) < 4.78 is 38.7. The van der Waals surface area contributed by atoms with E-state index < -0.39 is 10.0 Å². The topological polar surface area (TPSA) is 84.9 Å². The van der Waals surface area contributed by atoms with Gasteiger partial charge in [-0.3, -0.25) is 4.79 Å². The summed E-state index contributed by atoms with van der Waals surface area (Å²) in [5.41, 5.74) is 1.96. The number of benzene rings is 2. The summed E-state index contributed by atoms with van der Waals surface area (Å²) >= 11 is 0. The molecule has 0 aromatic heterocycles. The van der Waals surface area contributed by atoms with Gasteiger partial charge in [0.15, 0.2) is 11.5 Å². The van der Waals surface area contributed by atoms with Gasteiger partial charge in [0.2, 0.25) is 16.8 Å². The normalized spacial score (nSPS) is 19.8. The van der Waals surface area contributed by atoms with Gasteiger partial charge >= 0.3 is 0 Å². The van der Waals surface area contributed by atoms with Crippen molar-refractivity contribution in [1.29, 1.82) is 0 Å². The van der Waals surface area contributed by atoms with Gasteiger partial charge in [-0.15, -0.1) is 0 Å². The molecule has 1 N–H and O–H groups in total. The second kappa shape index (κ2) is 8.51. The molecule has 1 amide bonds. The number of aryl methyl sites for hydroxylation is 1. The summed E-state index contributed by atoms with van der Waals surface area (Å²) in [5, 5.41) is 2.97. The first-order valence-electron chi connectivity index (χ1n) is 10.6. The third-order valence-electron chi connectivity index (χ3n) is 6.05. The van der Waals surface area contributed by atoms with Gasteiger partial charge in [-0.1, -0.05) is 18.6 Å². The summed E-state index contributed by atoms with van der Waals surface area (Å²) in [5.74, 6) is 1.02. The SMILES string of the molecule is Cc1ccc(S(=O)(=O)N2CCCC[C@@H]2C)cc1C(=O)N[C@H](C)c1ccc2c(c1)OCO2. The van der Waals surface area contributed by atoms with Gasteiger partial charge in [0, 0.05) is 18.2 Å². The first kappa shape index (κ1) is 21.6. The number of rotatable bonds is 5. The second-order valence-electron chi connectivity index (χ2n) is 8.25. The second-order valence-corrected chi connectivity index (χ2v) is 10.1. The van der Waals surface area contributed by atoms with Crippen LogP contribution < -0.4 is 14.8 Å². The first-order valence-corrected chi connectivity index (χ1v) is 12.0. The fourth-order valence-electron chi connectivity index (χ4n) is 4.11. The van der Waals surface area contributed by atoms with Crippen LogP contribution in [0.5, 0.6) is 11.5 Å². The van der Waals surface area contributed by atoms with Crippen LogP contribution in [0.15, 0.2) is 41.3 Å². The third-order valence-corrected chi connectivity index (χ3v) is 8.06. The van der Waals surface area contributed by atoms with Crippen molar-refractivity contribution in [3.8, 4) is 11.5 Å². The summed E-state index contributed by atoms with van der Waals surface area (Å²) in [7, 11) is -3.65. The highest BCUT2D eigenvalue weighted by atomic mass is 32.2. The number of amides is 1. The van der Waals surface area contributed by atoms with E-state index >= 15 is 0 Å². The molecule has 0 spiro atoms. The van der Waals surface area contributed by atoms with E-state index in [0.29, 0.717) is 23.6 Å². The molecule has 1 saturated heterocycles. The molecule has 1 fully saturated rings. The van der Waals surface area contributed by atoms with Crippen molar-refractivity contribution in [2.24, 2.45) is 0 Å². The summed E-state index contributed by atoms with van der Waals surface area (Å²) in [6.07, 6.45) is 2.74. The maximum Gasteiger partial charge on any atom is 0.252 e. The molecule has 2 heterocycles. The molecule has 2 aliphatic rings. The first-order chi connectivity index (χ1) is 14.8. The highest BCUT2D eigenvalue weighted by molar-refractivity contribution is 7.89. The number of piperidine rings is 1. The number of hydrogen-bond acceptors (Lipinski definition) is 5. The number of nitrogens with zero attached hydrogens (tertiary/aromatic N) is 1. The van der Waals surface area contributed by atoms with Crippen LogP contribution in [0.1, 0.15) is 60.6 Å². The van der Waals surface area contributed by atoms with E-state index in [-0.39, 0.29) is 29.7 Å². The number of ether oxygens (including phenoxy) is 2. The Morgan fingerprint density at radius 2 is 1.90 bits per heavy atom. The van der Waals surface area contributed by atoms with Gasteiger partial charge in [-0.2, -0.15) is 4.31 Å². The van der Waals surface area contributed by atoms with Crippen molar-refractivity contribution >= 4 is 15.9 Å². The Labute approximate surface area is 183 Å². The molecule has 4 rings (SSSR count). The van der Waals surface area contributed by atoms with Gasteiger partial charge in [-0.25, -0.2) is 8.42 Å². The van der Waals surface area contributed by atoms with E-state index in [4.69, 9.17) is 9.47 Å². The monoisotopic (exact) mass is 444 g/mol. The molecule has 7 nitrogen and oxygen atoms in total. The molecule has 0 unspecified atom stereocenters. The average molecular weight is 445 g/mol. The van der Waals surface area contributed by atoms with Gasteiger partial charge in [0.1, 0.15) is 0 Å². The van der Waals surface area contributed by atoms with E-state index in [1.165, 1.54) is 6.07 Å². The predicted molar refractivity (Wildman–Crippen MR) is 117 cm³/mol. The van der Waals surface area contributed by atoms with Crippen LogP contribution in [0.4, 0.5) is 0 Å². The standard InChI is InChI=1S/C23H28N2O5S/c1-15-7-9-19(31(27,28)25-11-5-4-6-16(25)2)13-20(15)23(26)24-17(3)18-8-10-21-22(12-18)30-14-29-21/h7-10,12-13,16-17H,4-6,11,14H2,1-3H3,(H,24,26)/t16-,17+/m0/s1. The van der Waals surface area contributed by atoms with Crippen molar-refractivity contribution in [1.82, 2.24) is 9.62 Å². The lowest BCUT2D eigenvalue weighted by Gasteiger charge is -2.32. The molecule has 2 aromatic carbocycles. The molecule has 0 bridgehead atoms. The van der Waals surface area contributed by atoms with E-state index in [0.717, 1.165) is 30.4 Å². The zero-order valence-corrected chi connectivity index (χ0v) is 18.9. The molecule has 31 heavy (non-hydrogen) atoms. The lowest BCUT2D eigenvalue weighted by molar-refractivity contribution is 0.0939. The van der Waals surface area contributed by atoms with Crippen LogP contribution in [0.25, 0.3) is 0 Å². The molecule has 8 heteroatoms. The molecule has 2 aromatic rings. The molecule has 2 aliphatic heterocycles. The fourth-order valence-corrected chi connectivity index (χ4v) is 5.84. The maximum atomic E-state index is 13.2. The summed E-state index contributed by atoms with van der Waals surface area (Å²) in [6.45, 7) is 6.32. The molecule has 0 saturated carbocycles. The van der Waals surface area contributed by atoms with Crippen LogP contribution in [0, 0.1) is 6.92 Å². The van der Waals surface area contributed by atoms with Crippen molar-refractivity contribution in [2.75, 3.05) is 13.3 Å². The molecule has 0 radical (unpaired) electrons. The van der Waals surface area contributed by atoms with Gasteiger partial charge < -0.3 is 14.8 Å². The Kier molecular flexibility index (Phi) is 5.94. The average Bonchev–Trinajstić information content (AvgIpc) is 3.22.